The van der Waals surface area contributed by atoms with E-state index in [1.807, 2.05) is 0 Å². The van der Waals surface area contributed by atoms with Crippen molar-refractivity contribution in [2.75, 3.05) is 17.3 Å². The van der Waals surface area contributed by atoms with Crippen LogP contribution in [0.4, 0.5) is 0 Å². The second kappa shape index (κ2) is 13.2. The highest BCUT2D eigenvalue weighted by atomic mass is 32.2. The zero-order chi connectivity index (χ0) is 20.0. The molecule has 0 amide bonds. The average molecular weight is 419 g/mol. The molecule has 0 heterocycles. The van der Waals surface area contributed by atoms with Gasteiger partial charge < -0.3 is 4.18 Å². The molecule has 0 saturated carbocycles. The highest BCUT2D eigenvalue weighted by Crippen LogP contribution is 2.13. The number of hydrogen-bond donors (Lipinski definition) is 0. The molecule has 0 aromatic heterocycles. The van der Waals surface area contributed by atoms with Gasteiger partial charge in [0, 0.05) is 0 Å². The lowest BCUT2D eigenvalue weighted by atomic mass is 10.1. The van der Waals surface area contributed by atoms with Gasteiger partial charge in [0.05, 0.1) is 11.5 Å². The average Bonchev–Trinajstić information content (AvgIpc) is 2.62. The first-order chi connectivity index (χ1) is 12.8. The van der Waals surface area contributed by atoms with E-state index in [1.165, 1.54) is 50.7 Å². The highest BCUT2D eigenvalue weighted by molar-refractivity contribution is 7.93. The molecule has 0 saturated heterocycles. The quantitative estimate of drug-likeness (QED) is 0.286. The number of hydrogen-bond acceptors (Lipinski definition) is 5. The van der Waals surface area contributed by atoms with Gasteiger partial charge in [0.2, 0.25) is 0 Å². The molecule has 0 fully saturated rings. The maximum atomic E-state index is 12.0. The summed E-state index contributed by atoms with van der Waals surface area (Å²) in [5, 5.41) is 0. The summed E-state index contributed by atoms with van der Waals surface area (Å²) in [6.45, 7) is 2.21. The predicted molar refractivity (Wildman–Crippen MR) is 111 cm³/mol. The molecule has 0 atom stereocenters. The van der Waals surface area contributed by atoms with Crippen molar-refractivity contribution >= 4 is 20.0 Å². The second-order valence-electron chi connectivity index (χ2n) is 6.99. The Hall–Kier alpha value is -1.08. The van der Waals surface area contributed by atoms with Crippen molar-refractivity contribution in [2.45, 2.75) is 71.1 Å². The summed E-state index contributed by atoms with van der Waals surface area (Å²) in [5.41, 5.74) is 0. The lowest BCUT2D eigenvalue weighted by molar-refractivity contribution is 0.487. The third-order valence-electron chi connectivity index (χ3n) is 4.42. The molecule has 0 bridgehead atoms. The van der Waals surface area contributed by atoms with Crippen LogP contribution in [0.5, 0.6) is 5.75 Å². The van der Waals surface area contributed by atoms with Crippen LogP contribution in [0.1, 0.15) is 71.1 Å². The molecule has 7 heteroatoms. The third kappa shape index (κ3) is 12.8. The lowest BCUT2D eigenvalue weighted by Gasteiger charge is -2.08. The number of benzene rings is 1. The number of unbranched alkanes of at least 4 members (excludes halogenated alkanes) is 9. The minimum atomic E-state index is -3.90. The van der Waals surface area contributed by atoms with Gasteiger partial charge in [-0.25, -0.2) is 8.42 Å². The first kappa shape index (κ1) is 24.0. The Morgan fingerprint density at radius 3 is 1.74 bits per heavy atom. The Morgan fingerprint density at radius 1 is 0.667 bits per heavy atom. The lowest BCUT2D eigenvalue weighted by Crippen LogP contribution is -2.22. The molecule has 0 spiro atoms. The second-order valence-corrected chi connectivity index (χ2v) is 11.0. The van der Waals surface area contributed by atoms with Gasteiger partial charge in [-0.15, -0.1) is 0 Å². The zero-order valence-electron chi connectivity index (χ0n) is 16.4. The van der Waals surface area contributed by atoms with E-state index in [0.717, 1.165) is 19.3 Å². The molecule has 0 radical (unpaired) electrons. The van der Waals surface area contributed by atoms with Crippen LogP contribution in [0.3, 0.4) is 0 Å². The van der Waals surface area contributed by atoms with Crippen molar-refractivity contribution in [1.29, 1.82) is 0 Å². The van der Waals surface area contributed by atoms with Crippen LogP contribution in [0.15, 0.2) is 30.3 Å². The van der Waals surface area contributed by atoms with E-state index in [1.54, 1.807) is 18.2 Å². The normalized spacial score (nSPS) is 12.2. The molecule has 0 unspecified atom stereocenters. The van der Waals surface area contributed by atoms with Gasteiger partial charge in [-0.2, -0.15) is 8.42 Å². The fraction of sp³-hybridized carbons (Fsp3) is 0.700. The summed E-state index contributed by atoms with van der Waals surface area (Å²) in [6.07, 6.45) is 11.3. The summed E-state index contributed by atoms with van der Waals surface area (Å²) in [6, 6.07) is 8.11. The largest absolute Gasteiger partial charge is 0.382 e. The fourth-order valence-corrected chi connectivity index (χ4v) is 5.97. The maximum absolute atomic E-state index is 12.0. The Bertz CT molecular complexity index is 697. The summed E-state index contributed by atoms with van der Waals surface area (Å²) in [5.74, 6) is -0.657. The van der Waals surface area contributed by atoms with E-state index in [9.17, 15) is 16.8 Å². The highest BCUT2D eigenvalue weighted by Gasteiger charge is 2.19. The van der Waals surface area contributed by atoms with Crippen LogP contribution in [0.2, 0.25) is 0 Å². The van der Waals surface area contributed by atoms with Crippen LogP contribution in [-0.2, 0) is 20.0 Å². The van der Waals surface area contributed by atoms with Gasteiger partial charge in [-0.3, -0.25) is 0 Å². The zero-order valence-corrected chi connectivity index (χ0v) is 18.1. The van der Waals surface area contributed by atoms with E-state index in [2.05, 4.69) is 6.92 Å². The van der Waals surface area contributed by atoms with Crippen molar-refractivity contribution in [2.24, 2.45) is 0 Å². The van der Waals surface area contributed by atoms with E-state index < -0.39 is 25.7 Å². The van der Waals surface area contributed by atoms with Crippen molar-refractivity contribution < 1.29 is 21.0 Å². The molecule has 156 valence electrons. The van der Waals surface area contributed by atoms with Crippen LogP contribution in [0.25, 0.3) is 0 Å². The van der Waals surface area contributed by atoms with Gasteiger partial charge in [0.1, 0.15) is 11.5 Å². The topological polar surface area (TPSA) is 77.5 Å². The smallest absolute Gasteiger partial charge is 0.310 e. The van der Waals surface area contributed by atoms with Gasteiger partial charge in [0.25, 0.3) is 0 Å². The van der Waals surface area contributed by atoms with E-state index >= 15 is 0 Å². The van der Waals surface area contributed by atoms with Crippen molar-refractivity contribution in [1.82, 2.24) is 0 Å². The van der Waals surface area contributed by atoms with Crippen LogP contribution in [0, 0.1) is 0 Å². The minimum Gasteiger partial charge on any atom is -0.382 e. The maximum Gasteiger partial charge on any atom is 0.310 e. The molecular weight excluding hydrogens is 384 g/mol. The molecular formula is C20H34O5S2. The Labute approximate surface area is 165 Å². The Morgan fingerprint density at radius 2 is 1.19 bits per heavy atom. The van der Waals surface area contributed by atoms with E-state index in [0.29, 0.717) is 6.42 Å². The van der Waals surface area contributed by atoms with Crippen molar-refractivity contribution in [3.05, 3.63) is 30.3 Å². The van der Waals surface area contributed by atoms with Crippen LogP contribution >= 0.6 is 0 Å². The molecule has 5 nitrogen and oxygen atoms in total. The van der Waals surface area contributed by atoms with Crippen molar-refractivity contribution in [3.63, 3.8) is 0 Å². The molecule has 27 heavy (non-hydrogen) atoms. The Balaban J connectivity index is 2.15. The summed E-state index contributed by atoms with van der Waals surface area (Å²) >= 11 is 0. The minimum absolute atomic E-state index is 0.0460. The monoisotopic (exact) mass is 418 g/mol. The fourth-order valence-electron chi connectivity index (χ4n) is 2.80. The van der Waals surface area contributed by atoms with E-state index in [4.69, 9.17) is 4.18 Å². The van der Waals surface area contributed by atoms with Gasteiger partial charge in [-0.05, 0) is 18.6 Å². The molecule has 1 rings (SSSR count). The molecule has 1 aromatic rings. The number of para-hydroxylation sites is 1. The first-order valence-corrected chi connectivity index (χ1v) is 13.4. The number of rotatable bonds is 16. The molecule has 0 aliphatic heterocycles. The van der Waals surface area contributed by atoms with E-state index in [-0.39, 0.29) is 17.3 Å². The SMILES string of the molecule is CCCCCCCCCCCCS(=O)(=O)CCS(=O)(=O)Oc1ccccc1. The summed E-state index contributed by atoms with van der Waals surface area (Å²) < 4.78 is 52.8. The van der Waals surface area contributed by atoms with Gasteiger partial charge in [-0.1, -0.05) is 82.9 Å². The molecule has 1 aromatic carbocycles. The van der Waals surface area contributed by atoms with Crippen LogP contribution < -0.4 is 4.18 Å². The van der Waals surface area contributed by atoms with Crippen LogP contribution in [-0.4, -0.2) is 34.1 Å². The third-order valence-corrected chi connectivity index (χ3v) is 7.57. The summed E-state index contributed by atoms with van der Waals surface area (Å²) in [7, 11) is -7.27. The number of sulfone groups is 1. The van der Waals surface area contributed by atoms with Gasteiger partial charge in [0.15, 0.2) is 9.84 Å². The van der Waals surface area contributed by atoms with Crippen molar-refractivity contribution in [3.8, 4) is 5.75 Å². The van der Waals surface area contributed by atoms with Gasteiger partial charge >= 0.3 is 10.1 Å². The molecule has 0 aliphatic rings. The standard InChI is InChI=1S/C20H34O5S2/c1-2-3-4-5-6-7-8-9-10-14-17-26(21,22)18-19-27(23,24)25-20-15-12-11-13-16-20/h11-13,15-16H,2-10,14,17-19H2,1H3. The first-order valence-electron chi connectivity index (χ1n) is 10.0. The summed E-state index contributed by atoms with van der Waals surface area (Å²) in [4.78, 5) is 0. The Kier molecular flexibility index (Phi) is 11.7. The predicted octanol–water partition coefficient (Wildman–Crippen LogP) is 4.73. The molecule has 0 N–H and O–H groups in total. The molecule has 0 aliphatic carbocycles.